The molecule has 6 atom stereocenters. The zero-order valence-electron chi connectivity index (χ0n) is 36.9. The quantitative estimate of drug-likeness (QED) is 0.0729. The van der Waals surface area contributed by atoms with E-state index >= 15 is 0 Å². The van der Waals surface area contributed by atoms with Gasteiger partial charge in [0.15, 0.2) is 0 Å². The normalized spacial score (nSPS) is 24.1. The minimum atomic E-state index is -1.79. The summed E-state index contributed by atoms with van der Waals surface area (Å²) in [5.41, 5.74) is 14.4. The molecule has 0 aromatic heterocycles. The van der Waals surface area contributed by atoms with Crippen LogP contribution >= 0.6 is 10.0 Å². The fourth-order valence-corrected chi connectivity index (χ4v) is 20.3. The van der Waals surface area contributed by atoms with E-state index in [0.717, 1.165) is 16.3 Å². The van der Waals surface area contributed by atoms with Crippen LogP contribution in [-0.4, -0.2) is 9.68 Å². The van der Waals surface area contributed by atoms with Crippen molar-refractivity contribution in [3.63, 3.8) is 0 Å². The molecule has 0 radical (unpaired) electrons. The topological polar surface area (TPSA) is 0 Å². The Morgan fingerprint density at radius 3 is 1.95 bits per heavy atom. The third-order valence-corrected chi connectivity index (χ3v) is 23.1. The molecule has 2 fully saturated rings. The van der Waals surface area contributed by atoms with Crippen LogP contribution < -0.4 is 21.2 Å². The molecule has 5 unspecified atom stereocenters. The Balaban J connectivity index is 1.09. The van der Waals surface area contributed by atoms with Crippen molar-refractivity contribution in [2.45, 2.75) is 106 Å². The number of aryl methyl sites for hydroxylation is 1. The van der Waals surface area contributed by atoms with Crippen molar-refractivity contribution < 1.29 is 21.2 Å². The van der Waals surface area contributed by atoms with E-state index in [1.807, 2.05) is 0 Å². The molecule has 0 nitrogen and oxygen atoms in total. The number of hydrogen-bond acceptors (Lipinski definition) is 0. The predicted molar refractivity (Wildman–Crippen MR) is 262 cm³/mol. The Morgan fingerprint density at radius 2 is 1.27 bits per heavy atom. The Morgan fingerprint density at radius 1 is 0.587 bits per heavy atom. The molecule has 63 heavy (non-hydrogen) atoms. The van der Waals surface area contributed by atoms with Crippen molar-refractivity contribution in [2.24, 2.45) is 5.92 Å². The second kappa shape index (κ2) is 17.7. The van der Waals surface area contributed by atoms with Gasteiger partial charge in [-0.3, -0.25) is 0 Å². The van der Waals surface area contributed by atoms with Crippen molar-refractivity contribution in [3.05, 3.63) is 244 Å². The van der Waals surface area contributed by atoms with Crippen molar-refractivity contribution >= 4 is 10.0 Å². The third kappa shape index (κ3) is 7.67. The van der Waals surface area contributed by atoms with E-state index in [0.29, 0.717) is 5.92 Å². The van der Waals surface area contributed by atoms with Gasteiger partial charge in [0.2, 0.25) is 0 Å². The van der Waals surface area contributed by atoms with Gasteiger partial charge in [-0.1, -0.05) is 103 Å². The molecule has 2 heterocycles. The van der Waals surface area contributed by atoms with E-state index in [9.17, 15) is 0 Å². The van der Waals surface area contributed by atoms with E-state index < -0.39 is 10.0 Å². The maximum atomic E-state index is 2.79. The van der Waals surface area contributed by atoms with Gasteiger partial charge in [0.25, 0.3) is 0 Å². The molecule has 2 heteroatoms. The first kappa shape index (κ1) is 41.1. The summed E-state index contributed by atoms with van der Waals surface area (Å²) >= 11 is 0.267. The van der Waals surface area contributed by atoms with Gasteiger partial charge in [-0.25, -0.2) is 0 Å². The van der Waals surface area contributed by atoms with E-state index in [4.69, 9.17) is 0 Å². The molecule has 0 bridgehead atoms. The van der Waals surface area contributed by atoms with Gasteiger partial charge < -0.3 is 0 Å². The molecule has 0 N–H and O–H groups in total. The van der Waals surface area contributed by atoms with Gasteiger partial charge in [0.1, 0.15) is 0 Å². The summed E-state index contributed by atoms with van der Waals surface area (Å²) in [5, 5.41) is 0.281. The van der Waals surface area contributed by atoms with Crippen LogP contribution in [0, 0.1) is 12.8 Å². The van der Waals surface area contributed by atoms with Crippen molar-refractivity contribution in [3.8, 4) is 0 Å². The first-order valence-corrected chi connectivity index (χ1v) is 28.2. The molecule has 6 aromatic carbocycles. The predicted octanol–water partition coefficient (Wildman–Crippen LogP) is 13.3. The zero-order chi connectivity index (χ0) is 42.3. The molecule has 0 amide bonds. The number of allylic oxidation sites excluding steroid dienone is 7. The summed E-state index contributed by atoms with van der Waals surface area (Å²) in [6, 6.07) is 60.2. The summed E-state index contributed by atoms with van der Waals surface area (Å²) in [5.74, 6) is 1.83. The first-order valence-electron chi connectivity index (χ1n) is 23.7. The van der Waals surface area contributed by atoms with E-state index in [2.05, 4.69) is 202 Å². The first-order chi connectivity index (χ1) is 31.0. The molecule has 318 valence electrons. The van der Waals surface area contributed by atoms with Gasteiger partial charge in [-0.2, -0.15) is 0 Å². The molecule has 6 aromatic rings. The molecular weight excluding hydrogens is 892 g/mol. The van der Waals surface area contributed by atoms with Crippen LogP contribution in [0.4, 0.5) is 0 Å². The number of benzene rings is 6. The van der Waals surface area contributed by atoms with E-state index in [-0.39, 0.29) is 44.2 Å². The monoisotopic (exact) mass is 951 g/mol. The Kier molecular flexibility index (Phi) is 11.6. The van der Waals surface area contributed by atoms with Crippen LogP contribution in [0.3, 0.4) is 0 Å². The number of hydrogen-bond donors (Lipinski definition) is 0. The summed E-state index contributed by atoms with van der Waals surface area (Å²) < 4.78 is 2.28. The van der Waals surface area contributed by atoms with Crippen molar-refractivity contribution in [2.75, 3.05) is 4.43 Å². The number of rotatable bonds is 10. The second-order valence-electron chi connectivity index (χ2n) is 18.9. The van der Waals surface area contributed by atoms with E-state index in [1.54, 1.807) is 5.56 Å². The average molecular weight is 952 g/mol. The summed E-state index contributed by atoms with van der Waals surface area (Å²) in [4.78, 5) is 4.45. The van der Waals surface area contributed by atoms with Crippen molar-refractivity contribution in [1.82, 2.24) is 0 Å². The number of halogens is 1. The van der Waals surface area contributed by atoms with E-state index in [1.165, 1.54) is 108 Å². The maximum absolute atomic E-state index is 2.79. The van der Waals surface area contributed by atoms with Crippen LogP contribution in [0.5, 0.6) is 0 Å². The van der Waals surface area contributed by atoms with Gasteiger partial charge in [0.05, 0.1) is 0 Å². The SMILES string of the molecule is CC1=CC(C(C2=C[C@@H]3C(C=C2)c2ccc(C(c4ccc(C5CCC[I-]5)cc4)c4cccc(C)c4)cc2S3(c2ccccc2)c2ccccc2)c2ccc(C3CCCC3)cc2)CC=C1. The fraction of sp³-hybridized carbons (Fsp3) is 0.279. The molecule has 1 saturated heterocycles. The average Bonchev–Trinajstić information content (AvgIpc) is 4.12. The minimum Gasteiger partial charge on any atom is -0.0837 e. The van der Waals surface area contributed by atoms with Crippen LogP contribution in [0.1, 0.15) is 124 Å². The van der Waals surface area contributed by atoms with Crippen LogP contribution in [-0.2, 0) is 0 Å². The second-order valence-corrected chi connectivity index (χ2v) is 25.6. The Labute approximate surface area is 388 Å². The van der Waals surface area contributed by atoms with Crippen LogP contribution in [0.25, 0.3) is 0 Å². The van der Waals surface area contributed by atoms with Gasteiger partial charge in [0, 0.05) is 5.92 Å². The Hall–Kier alpha value is -4.64. The smallest absolute Gasteiger partial charge is 0.0837 e. The Bertz CT molecular complexity index is 2650. The van der Waals surface area contributed by atoms with Crippen LogP contribution in [0.2, 0.25) is 0 Å². The summed E-state index contributed by atoms with van der Waals surface area (Å²) in [6.07, 6.45) is 24.5. The molecule has 3 aliphatic carbocycles. The number of fused-ring (bicyclic) bond motifs is 3. The minimum absolute atomic E-state index is 0.140. The summed E-state index contributed by atoms with van der Waals surface area (Å²) in [7, 11) is -1.79. The fourth-order valence-electron chi connectivity index (χ4n) is 12.0. The summed E-state index contributed by atoms with van der Waals surface area (Å²) in [6.45, 7) is 4.53. The molecule has 0 spiro atoms. The van der Waals surface area contributed by atoms with Gasteiger partial charge in [-0.15, -0.1) is 0 Å². The third-order valence-electron chi connectivity index (χ3n) is 15.0. The van der Waals surface area contributed by atoms with Gasteiger partial charge >= 0.3 is 228 Å². The molecule has 5 aliphatic rings. The molecule has 1 saturated carbocycles. The molecular formula is C61H60IS-. The van der Waals surface area contributed by atoms with Gasteiger partial charge in [-0.05, 0) is 54.7 Å². The molecule has 2 aliphatic heterocycles. The van der Waals surface area contributed by atoms with Crippen molar-refractivity contribution in [1.29, 1.82) is 0 Å². The van der Waals surface area contributed by atoms with Crippen LogP contribution in [0.15, 0.2) is 214 Å². The zero-order valence-corrected chi connectivity index (χ0v) is 39.9. The standard InChI is InChI=1S/C61H60IS/c1-42-14-11-18-49(38-42)60(47-29-25-45(26-30-47)44-16-9-10-17-44)51-33-35-55-56-36-34-52(41-59(56)63(58(55)40-51,53-20-5-3-6-21-53)54-22-7-4-8-23-54)61(50-19-12-15-43(2)39-50)48-31-27-46(28-32-48)57-24-13-37-62-57/h3-8,11-12,14-15,19-23,25-36,38-41,44,49,55,57-58,60-61H,9-10,13,16-18,24,37H2,1-2H3/q-1/t49?,55?,57?,58-,60?,61?/m1/s1. The molecule has 11 rings (SSSR count). The number of alkyl halides is 2.